The molecule has 0 saturated heterocycles. The van der Waals surface area contributed by atoms with E-state index in [1.807, 2.05) is 0 Å². The molecular formula is C30H22F9NO4S. The average Bonchev–Trinajstić information content (AvgIpc) is 2.94. The van der Waals surface area contributed by atoms with E-state index in [4.69, 9.17) is 0 Å². The lowest BCUT2D eigenvalue weighted by Crippen LogP contribution is -2.43. The van der Waals surface area contributed by atoms with Crippen molar-refractivity contribution in [1.29, 1.82) is 0 Å². The van der Waals surface area contributed by atoms with Crippen LogP contribution in [-0.4, -0.2) is 27.7 Å². The Morgan fingerprint density at radius 3 is 1.58 bits per heavy atom. The maximum atomic E-state index is 13.7. The molecule has 15 heteroatoms. The molecule has 5 nitrogen and oxygen atoms in total. The van der Waals surface area contributed by atoms with E-state index >= 15 is 0 Å². The molecule has 4 aromatic carbocycles. The predicted molar refractivity (Wildman–Crippen MR) is 144 cm³/mol. The lowest BCUT2D eigenvalue weighted by Gasteiger charge is -2.36. The average molecular weight is 664 g/mol. The molecule has 0 aliphatic heterocycles. The minimum absolute atomic E-state index is 0.0657. The maximum Gasteiger partial charge on any atom is 0.573 e. The number of hydrogen-bond acceptors (Lipinski definition) is 4. The molecule has 1 N–H and O–H groups in total. The fourth-order valence-corrected chi connectivity index (χ4v) is 6.12. The fraction of sp³-hybridized carbons (Fsp3) is 0.200. The highest BCUT2D eigenvalue weighted by molar-refractivity contribution is 7.89. The molecule has 0 atom stereocenters. The van der Waals surface area contributed by atoms with Gasteiger partial charge in [0.1, 0.15) is 11.5 Å². The van der Waals surface area contributed by atoms with E-state index in [9.17, 15) is 47.9 Å². The minimum Gasteiger partial charge on any atom is -0.406 e. The summed E-state index contributed by atoms with van der Waals surface area (Å²) in [5.74, 6) is -1.46. The number of halogens is 9. The summed E-state index contributed by atoms with van der Waals surface area (Å²) in [5.41, 5.74) is -2.99. The van der Waals surface area contributed by atoms with Crippen LogP contribution in [0.4, 0.5) is 39.5 Å². The molecule has 0 aliphatic carbocycles. The number of alkyl halides is 9. The SMILES string of the molecule is O=S(=O)(NCC(Cc1ccccc1)(c1cccc(OC(F)(F)F)c1)c1cccc(OC(F)(F)F)c1)c1ccccc1C(F)(F)F. The molecule has 0 bridgehead atoms. The van der Waals surface area contributed by atoms with Crippen LogP contribution in [0.2, 0.25) is 0 Å². The number of nitrogens with one attached hydrogen (secondary N) is 1. The largest absolute Gasteiger partial charge is 0.573 e. The van der Waals surface area contributed by atoms with Crippen LogP contribution in [0.1, 0.15) is 22.3 Å². The zero-order valence-electron chi connectivity index (χ0n) is 22.7. The molecule has 0 saturated carbocycles. The molecular weight excluding hydrogens is 641 g/mol. The van der Waals surface area contributed by atoms with Gasteiger partial charge in [-0.2, -0.15) is 13.2 Å². The topological polar surface area (TPSA) is 64.6 Å². The monoisotopic (exact) mass is 663 g/mol. The van der Waals surface area contributed by atoms with Crippen LogP contribution in [0.5, 0.6) is 11.5 Å². The molecule has 0 aromatic heterocycles. The summed E-state index contributed by atoms with van der Waals surface area (Å²) in [4.78, 5) is -1.13. The second-order valence-corrected chi connectivity index (χ2v) is 11.4. The maximum absolute atomic E-state index is 13.7. The molecule has 4 rings (SSSR count). The van der Waals surface area contributed by atoms with E-state index in [1.54, 1.807) is 30.3 Å². The number of ether oxygens (including phenoxy) is 2. The van der Waals surface area contributed by atoms with Crippen molar-refractivity contribution in [3.8, 4) is 11.5 Å². The standard InChI is InChI=1S/C30H22F9NO4S/c31-28(32,33)25-14-4-5-15-26(25)45(41,42)40-19-27(18-20-8-2-1-3-9-20,21-10-6-12-23(16-21)43-29(34,35)36)22-11-7-13-24(17-22)44-30(37,38)39/h1-17,40H,18-19H2. The van der Waals surface area contributed by atoms with Gasteiger partial charge in [-0.25, -0.2) is 13.1 Å². The quantitative estimate of drug-likeness (QED) is 0.175. The summed E-state index contributed by atoms with van der Waals surface area (Å²) < 4.78 is 157. The first-order chi connectivity index (χ1) is 20.9. The molecule has 0 fully saturated rings. The first kappa shape index (κ1) is 33.6. The molecule has 0 radical (unpaired) electrons. The van der Waals surface area contributed by atoms with Gasteiger partial charge in [-0.1, -0.05) is 66.7 Å². The van der Waals surface area contributed by atoms with Crippen molar-refractivity contribution in [2.45, 2.75) is 35.6 Å². The smallest absolute Gasteiger partial charge is 0.406 e. The summed E-state index contributed by atoms with van der Waals surface area (Å²) in [7, 11) is -4.99. The van der Waals surface area contributed by atoms with Crippen LogP contribution in [0.3, 0.4) is 0 Å². The van der Waals surface area contributed by atoms with Gasteiger partial charge >= 0.3 is 18.9 Å². The molecule has 240 valence electrons. The Morgan fingerprint density at radius 1 is 0.600 bits per heavy atom. The van der Waals surface area contributed by atoms with Crippen molar-refractivity contribution in [2.75, 3.05) is 6.54 Å². The van der Waals surface area contributed by atoms with Gasteiger partial charge in [0.05, 0.1) is 10.5 Å². The van der Waals surface area contributed by atoms with E-state index < -0.39 is 62.8 Å². The third-order valence-electron chi connectivity index (χ3n) is 6.64. The zero-order valence-corrected chi connectivity index (χ0v) is 23.5. The molecule has 45 heavy (non-hydrogen) atoms. The van der Waals surface area contributed by atoms with Crippen molar-refractivity contribution in [2.24, 2.45) is 0 Å². The van der Waals surface area contributed by atoms with E-state index in [0.29, 0.717) is 11.6 Å². The molecule has 4 aromatic rings. The first-order valence-electron chi connectivity index (χ1n) is 12.8. The van der Waals surface area contributed by atoms with Gasteiger partial charge < -0.3 is 9.47 Å². The Balaban J connectivity index is 1.94. The molecule has 0 heterocycles. The van der Waals surface area contributed by atoms with Gasteiger partial charge in [-0.3, -0.25) is 0 Å². The Morgan fingerprint density at radius 2 is 1.09 bits per heavy atom. The van der Waals surface area contributed by atoms with E-state index in [1.165, 1.54) is 12.1 Å². The van der Waals surface area contributed by atoms with Crippen LogP contribution >= 0.6 is 0 Å². The van der Waals surface area contributed by atoms with E-state index in [2.05, 4.69) is 14.2 Å². The fourth-order valence-electron chi connectivity index (χ4n) is 4.79. The van der Waals surface area contributed by atoms with Gasteiger partial charge in [0.15, 0.2) is 0 Å². The highest BCUT2D eigenvalue weighted by Crippen LogP contribution is 2.41. The minimum atomic E-state index is -5.13. The highest BCUT2D eigenvalue weighted by atomic mass is 32.2. The summed E-state index contributed by atoms with van der Waals surface area (Å²) in [6.45, 7) is -0.818. The van der Waals surface area contributed by atoms with Crippen LogP contribution in [0, 0.1) is 0 Å². The van der Waals surface area contributed by atoms with Gasteiger partial charge in [-0.05, 0) is 59.5 Å². The lowest BCUT2D eigenvalue weighted by atomic mass is 9.70. The zero-order chi connectivity index (χ0) is 33.1. The molecule has 0 amide bonds. The van der Waals surface area contributed by atoms with Crippen LogP contribution in [0.25, 0.3) is 0 Å². The van der Waals surface area contributed by atoms with Crippen molar-refractivity contribution in [3.05, 3.63) is 125 Å². The van der Waals surface area contributed by atoms with Gasteiger partial charge in [0.25, 0.3) is 0 Å². The van der Waals surface area contributed by atoms with Crippen molar-refractivity contribution in [3.63, 3.8) is 0 Å². The second-order valence-electron chi connectivity index (χ2n) is 9.71. The van der Waals surface area contributed by atoms with E-state index in [-0.39, 0.29) is 17.5 Å². The summed E-state index contributed by atoms with van der Waals surface area (Å²) in [5, 5.41) is 0. The van der Waals surface area contributed by atoms with Gasteiger partial charge in [0, 0.05) is 12.0 Å². The van der Waals surface area contributed by atoms with Crippen LogP contribution in [0.15, 0.2) is 108 Å². The van der Waals surface area contributed by atoms with Crippen molar-refractivity contribution < 1.29 is 57.4 Å². The number of benzene rings is 4. The normalized spacial score (nSPS) is 13.0. The number of rotatable bonds is 10. The summed E-state index contributed by atoms with van der Waals surface area (Å²) >= 11 is 0. The van der Waals surface area contributed by atoms with E-state index in [0.717, 1.165) is 54.6 Å². The first-order valence-corrected chi connectivity index (χ1v) is 14.3. The molecule has 0 unspecified atom stereocenters. The van der Waals surface area contributed by atoms with Gasteiger partial charge in [0.2, 0.25) is 10.0 Å². The summed E-state index contributed by atoms with van der Waals surface area (Å²) in [6.07, 6.45) is -15.6. The van der Waals surface area contributed by atoms with Crippen molar-refractivity contribution in [1.82, 2.24) is 4.72 Å². The molecule has 0 spiro atoms. The Bertz CT molecular complexity index is 1660. The lowest BCUT2D eigenvalue weighted by molar-refractivity contribution is -0.275. The Kier molecular flexibility index (Phi) is 9.45. The predicted octanol–water partition coefficient (Wildman–Crippen LogP) is 8.01. The van der Waals surface area contributed by atoms with Gasteiger partial charge in [-0.15, -0.1) is 26.3 Å². The number of sulfonamides is 1. The second kappa shape index (κ2) is 12.6. The van der Waals surface area contributed by atoms with Crippen molar-refractivity contribution >= 4 is 10.0 Å². The third-order valence-corrected chi connectivity index (χ3v) is 8.09. The Labute approximate surface area is 251 Å². The molecule has 0 aliphatic rings. The summed E-state index contributed by atoms with van der Waals surface area (Å²) in [6, 6.07) is 20.0. The Hall–Kier alpha value is -4.24. The third kappa shape index (κ3) is 8.69. The highest BCUT2D eigenvalue weighted by Gasteiger charge is 2.41. The number of hydrogen-bond donors (Lipinski definition) is 1. The van der Waals surface area contributed by atoms with Crippen LogP contribution < -0.4 is 14.2 Å². The van der Waals surface area contributed by atoms with Crippen LogP contribution in [-0.2, 0) is 28.0 Å².